The van der Waals surface area contributed by atoms with Crippen molar-refractivity contribution in [2.45, 2.75) is 26.9 Å². The van der Waals surface area contributed by atoms with Crippen LogP contribution in [0.3, 0.4) is 0 Å². The van der Waals surface area contributed by atoms with Crippen LogP contribution >= 0.6 is 15.9 Å². The van der Waals surface area contributed by atoms with Gasteiger partial charge in [0.25, 0.3) is 0 Å². The Labute approximate surface area is 110 Å². The van der Waals surface area contributed by atoms with Crippen LogP contribution in [0.2, 0.25) is 0 Å². The van der Waals surface area contributed by atoms with Gasteiger partial charge in [-0.15, -0.1) is 0 Å². The van der Waals surface area contributed by atoms with Gasteiger partial charge in [-0.2, -0.15) is 5.10 Å². The molecule has 3 nitrogen and oxygen atoms in total. The number of benzene rings is 1. The number of halogens is 1. The maximum absolute atomic E-state index is 4.25. The van der Waals surface area contributed by atoms with Gasteiger partial charge in [-0.1, -0.05) is 15.9 Å². The summed E-state index contributed by atoms with van der Waals surface area (Å²) in [6, 6.07) is 6.24. The second kappa shape index (κ2) is 5.36. The van der Waals surface area contributed by atoms with Crippen molar-refractivity contribution < 1.29 is 0 Å². The van der Waals surface area contributed by atoms with E-state index in [0.29, 0.717) is 0 Å². The molecule has 1 aromatic heterocycles. The number of aromatic nitrogens is 2. The largest absolute Gasteiger partial charge is 0.381 e. The topological polar surface area (TPSA) is 29.9 Å². The molecule has 0 aliphatic heterocycles. The molecule has 1 aromatic carbocycles. The summed E-state index contributed by atoms with van der Waals surface area (Å²) in [5, 5.41) is 7.67. The Kier molecular flexibility index (Phi) is 3.84. The molecule has 0 unspecified atom stereocenters. The Morgan fingerprint density at radius 2 is 2.24 bits per heavy atom. The molecule has 1 heterocycles. The average molecular weight is 294 g/mol. The van der Waals surface area contributed by atoms with Crippen LogP contribution in [0.15, 0.2) is 35.1 Å². The summed E-state index contributed by atoms with van der Waals surface area (Å²) in [7, 11) is 0. The lowest BCUT2D eigenvalue weighted by molar-refractivity contribution is 0.659. The Hall–Kier alpha value is -1.29. The predicted molar refractivity (Wildman–Crippen MR) is 74.1 cm³/mol. The lowest BCUT2D eigenvalue weighted by atomic mass is 10.2. The molecule has 90 valence electrons. The normalized spacial score (nSPS) is 10.5. The number of rotatable bonds is 4. The average Bonchev–Trinajstić information content (AvgIpc) is 2.76. The maximum atomic E-state index is 4.25. The fraction of sp³-hybridized carbons (Fsp3) is 0.308. The van der Waals surface area contributed by atoms with Crippen molar-refractivity contribution in [2.75, 3.05) is 5.32 Å². The summed E-state index contributed by atoms with van der Waals surface area (Å²) in [5.41, 5.74) is 3.61. The molecule has 0 amide bonds. The highest BCUT2D eigenvalue weighted by Gasteiger charge is 2.00. The van der Waals surface area contributed by atoms with Crippen LogP contribution in [0, 0.1) is 6.92 Å². The van der Waals surface area contributed by atoms with Crippen molar-refractivity contribution in [2.24, 2.45) is 0 Å². The van der Waals surface area contributed by atoms with Gasteiger partial charge in [-0.3, -0.25) is 4.68 Å². The Balaban J connectivity index is 2.02. The number of hydrogen-bond donors (Lipinski definition) is 1. The maximum Gasteiger partial charge on any atom is 0.0539 e. The van der Waals surface area contributed by atoms with Gasteiger partial charge < -0.3 is 5.32 Å². The van der Waals surface area contributed by atoms with Gasteiger partial charge in [0.05, 0.1) is 6.20 Å². The van der Waals surface area contributed by atoms with E-state index in [1.807, 2.05) is 16.9 Å². The molecule has 0 atom stereocenters. The lowest BCUT2D eigenvalue weighted by Gasteiger charge is -2.08. The van der Waals surface area contributed by atoms with Crippen LogP contribution in [-0.4, -0.2) is 9.78 Å². The highest BCUT2D eigenvalue weighted by atomic mass is 79.9. The molecule has 0 radical (unpaired) electrons. The molecule has 4 heteroatoms. The zero-order valence-corrected chi connectivity index (χ0v) is 11.7. The van der Waals surface area contributed by atoms with Crippen LogP contribution in [0.4, 0.5) is 5.69 Å². The van der Waals surface area contributed by atoms with Crippen LogP contribution < -0.4 is 5.32 Å². The van der Waals surface area contributed by atoms with Crippen LogP contribution in [0.1, 0.15) is 18.1 Å². The summed E-state index contributed by atoms with van der Waals surface area (Å²) < 4.78 is 3.05. The van der Waals surface area contributed by atoms with Gasteiger partial charge in [0.1, 0.15) is 0 Å². The second-order valence-electron chi connectivity index (χ2n) is 4.02. The fourth-order valence-electron chi connectivity index (χ4n) is 1.69. The van der Waals surface area contributed by atoms with Gasteiger partial charge in [0.15, 0.2) is 0 Å². The summed E-state index contributed by atoms with van der Waals surface area (Å²) in [5.74, 6) is 0. The van der Waals surface area contributed by atoms with Crippen LogP contribution in [0.25, 0.3) is 0 Å². The summed E-state index contributed by atoms with van der Waals surface area (Å²) in [6.45, 7) is 5.91. The van der Waals surface area contributed by atoms with E-state index in [9.17, 15) is 0 Å². The van der Waals surface area contributed by atoms with Crippen molar-refractivity contribution in [1.29, 1.82) is 0 Å². The monoisotopic (exact) mass is 293 g/mol. The standard InChI is InChI=1S/C13H16BrN3/c1-3-17-9-11(8-16-17)7-15-13-5-4-12(14)6-10(13)2/h4-6,8-9,15H,3,7H2,1-2H3. The van der Waals surface area contributed by atoms with E-state index in [1.54, 1.807) is 0 Å². The Morgan fingerprint density at radius 3 is 2.88 bits per heavy atom. The quantitative estimate of drug-likeness (QED) is 0.934. The first-order valence-corrected chi connectivity index (χ1v) is 6.49. The first-order chi connectivity index (χ1) is 8.19. The second-order valence-corrected chi connectivity index (χ2v) is 4.93. The first kappa shape index (κ1) is 12.2. The van der Waals surface area contributed by atoms with Crippen molar-refractivity contribution in [3.8, 4) is 0 Å². The van der Waals surface area contributed by atoms with E-state index in [4.69, 9.17) is 0 Å². The zero-order chi connectivity index (χ0) is 12.3. The minimum absolute atomic E-state index is 0.808. The van der Waals surface area contributed by atoms with Crippen molar-refractivity contribution in [1.82, 2.24) is 9.78 Å². The van der Waals surface area contributed by atoms with Crippen LogP contribution in [-0.2, 0) is 13.1 Å². The van der Waals surface area contributed by atoms with Gasteiger partial charge in [-0.05, 0) is 37.6 Å². The van der Waals surface area contributed by atoms with Gasteiger partial charge in [0, 0.05) is 35.0 Å². The van der Waals surface area contributed by atoms with E-state index < -0.39 is 0 Å². The Bertz CT molecular complexity index is 505. The number of nitrogens with zero attached hydrogens (tertiary/aromatic N) is 2. The van der Waals surface area contributed by atoms with E-state index in [1.165, 1.54) is 11.1 Å². The van der Waals surface area contributed by atoms with Crippen LogP contribution in [0.5, 0.6) is 0 Å². The molecular formula is C13H16BrN3. The zero-order valence-electron chi connectivity index (χ0n) is 10.1. The number of hydrogen-bond acceptors (Lipinski definition) is 2. The molecule has 0 aliphatic carbocycles. The third-order valence-electron chi connectivity index (χ3n) is 2.68. The smallest absolute Gasteiger partial charge is 0.0539 e. The number of aryl methyl sites for hydroxylation is 2. The Morgan fingerprint density at radius 1 is 1.41 bits per heavy atom. The number of nitrogens with one attached hydrogen (secondary N) is 1. The molecule has 2 aromatic rings. The van der Waals surface area contributed by atoms with E-state index >= 15 is 0 Å². The third kappa shape index (κ3) is 3.09. The van der Waals surface area contributed by atoms with E-state index in [0.717, 1.165) is 23.2 Å². The minimum atomic E-state index is 0.808. The van der Waals surface area contributed by atoms with Gasteiger partial charge in [0.2, 0.25) is 0 Å². The molecule has 1 N–H and O–H groups in total. The fourth-order valence-corrected chi connectivity index (χ4v) is 2.17. The minimum Gasteiger partial charge on any atom is -0.381 e. The summed E-state index contributed by atoms with van der Waals surface area (Å²) >= 11 is 3.46. The first-order valence-electron chi connectivity index (χ1n) is 5.70. The predicted octanol–water partition coefficient (Wildman–Crippen LogP) is 3.59. The summed E-state index contributed by atoms with van der Waals surface area (Å²) in [6.07, 6.45) is 3.98. The molecule has 0 saturated heterocycles. The van der Waals surface area contributed by atoms with Gasteiger partial charge >= 0.3 is 0 Å². The molecule has 0 fully saturated rings. The molecule has 0 aliphatic rings. The number of anilines is 1. The van der Waals surface area contributed by atoms with E-state index in [-0.39, 0.29) is 0 Å². The van der Waals surface area contributed by atoms with Gasteiger partial charge in [-0.25, -0.2) is 0 Å². The molecule has 17 heavy (non-hydrogen) atoms. The van der Waals surface area contributed by atoms with Crippen molar-refractivity contribution in [3.05, 3.63) is 46.2 Å². The van der Waals surface area contributed by atoms with Crippen molar-refractivity contribution in [3.63, 3.8) is 0 Å². The highest BCUT2D eigenvalue weighted by Crippen LogP contribution is 2.20. The SMILES string of the molecule is CCn1cc(CNc2ccc(Br)cc2C)cn1. The molecule has 0 saturated carbocycles. The lowest BCUT2D eigenvalue weighted by Crippen LogP contribution is -2.00. The van der Waals surface area contributed by atoms with Crippen molar-refractivity contribution >= 4 is 21.6 Å². The molecule has 0 spiro atoms. The highest BCUT2D eigenvalue weighted by molar-refractivity contribution is 9.10. The van der Waals surface area contributed by atoms with E-state index in [2.05, 4.69) is 58.5 Å². The molecule has 0 bridgehead atoms. The molecule has 2 rings (SSSR count). The summed E-state index contributed by atoms with van der Waals surface area (Å²) in [4.78, 5) is 0. The molecular weight excluding hydrogens is 278 g/mol. The third-order valence-corrected chi connectivity index (χ3v) is 3.18.